The van der Waals surface area contributed by atoms with Crippen LogP contribution in [0.2, 0.25) is 0 Å². The van der Waals surface area contributed by atoms with Gasteiger partial charge in [-0.2, -0.15) is 0 Å². The van der Waals surface area contributed by atoms with E-state index in [1.807, 2.05) is 0 Å². The second-order valence-corrected chi connectivity index (χ2v) is 2.41. The molecule has 0 fully saturated rings. The van der Waals surface area contributed by atoms with Crippen LogP contribution in [0.4, 0.5) is 0 Å². The molecule has 0 aromatic heterocycles. The Hall–Kier alpha value is -0.550. The first-order chi connectivity index (χ1) is 4.74. The molecule has 0 aliphatic rings. The van der Waals surface area contributed by atoms with Crippen molar-refractivity contribution in [2.24, 2.45) is 0 Å². The van der Waals surface area contributed by atoms with Crippen molar-refractivity contribution in [2.75, 3.05) is 13.7 Å². The molecule has 0 aliphatic heterocycles. The molecule has 0 N–H and O–H groups in total. The smallest absolute Gasteiger partial charge is 0.243 e. The Morgan fingerprint density at radius 3 is 2.00 bits per heavy atom. The molecular weight excluding hydrogens is 126 g/mol. The third kappa shape index (κ3) is 2.00. The summed E-state index contributed by atoms with van der Waals surface area (Å²) in [4.78, 5) is 3.35. The van der Waals surface area contributed by atoms with Crippen molar-refractivity contribution in [3.8, 4) is 0 Å². The van der Waals surface area contributed by atoms with Gasteiger partial charge < -0.3 is 9.58 Å². The third-order valence-electron chi connectivity index (χ3n) is 2.09. The zero-order chi connectivity index (χ0) is 8.04. The van der Waals surface area contributed by atoms with Gasteiger partial charge in [0.25, 0.3) is 0 Å². The minimum absolute atomic E-state index is 0.179. The topological polar surface area (TPSA) is 13.6 Å². The van der Waals surface area contributed by atoms with Gasteiger partial charge in [0.05, 0.1) is 0 Å². The molecule has 10 heavy (non-hydrogen) atoms. The van der Waals surface area contributed by atoms with Crippen LogP contribution in [0.15, 0.2) is 0 Å². The summed E-state index contributed by atoms with van der Waals surface area (Å²) in [7, 11) is 1.68. The number of hydrogen-bond donors (Lipinski definition) is 0. The Morgan fingerprint density at radius 1 is 1.40 bits per heavy atom. The molecular formula is C8H15NO. The zero-order valence-electron chi connectivity index (χ0n) is 6.98. The van der Waals surface area contributed by atoms with Crippen LogP contribution >= 0.6 is 0 Å². The summed E-state index contributed by atoms with van der Waals surface area (Å²) in [6.45, 7) is 11.3. The number of rotatable bonds is 4. The number of ether oxygens (including phenoxy) is 1. The van der Waals surface area contributed by atoms with Crippen LogP contribution in [0.5, 0.6) is 0 Å². The molecule has 0 unspecified atom stereocenters. The van der Waals surface area contributed by atoms with Gasteiger partial charge in [0.2, 0.25) is 6.54 Å². The average molecular weight is 141 g/mol. The predicted molar refractivity (Wildman–Crippen MR) is 41.8 cm³/mol. The quantitative estimate of drug-likeness (QED) is 0.547. The maximum Gasteiger partial charge on any atom is 0.243 e. The second-order valence-electron chi connectivity index (χ2n) is 2.41. The zero-order valence-corrected chi connectivity index (χ0v) is 6.98. The third-order valence-corrected chi connectivity index (χ3v) is 2.09. The molecule has 0 atom stereocenters. The first-order valence-electron chi connectivity index (χ1n) is 3.63. The minimum atomic E-state index is -0.179. The van der Waals surface area contributed by atoms with Crippen molar-refractivity contribution in [2.45, 2.75) is 32.3 Å². The van der Waals surface area contributed by atoms with E-state index >= 15 is 0 Å². The van der Waals surface area contributed by atoms with Crippen LogP contribution in [-0.2, 0) is 4.74 Å². The SMILES string of the molecule is [C-]#[N+]CC(CC)(CC)OC. The van der Waals surface area contributed by atoms with Gasteiger partial charge in [-0.15, -0.1) is 0 Å². The summed E-state index contributed by atoms with van der Waals surface area (Å²) in [5.41, 5.74) is -0.179. The summed E-state index contributed by atoms with van der Waals surface area (Å²) in [5, 5.41) is 0. The lowest BCUT2D eigenvalue weighted by Gasteiger charge is -2.23. The average Bonchev–Trinajstić information content (AvgIpc) is 2.01. The van der Waals surface area contributed by atoms with Gasteiger partial charge in [0.15, 0.2) is 0 Å². The van der Waals surface area contributed by atoms with Gasteiger partial charge in [-0.3, -0.25) is 0 Å². The maximum absolute atomic E-state index is 6.71. The van der Waals surface area contributed by atoms with Gasteiger partial charge in [0.1, 0.15) is 5.60 Å². The number of nitrogens with zero attached hydrogens (tertiary/aromatic N) is 1. The van der Waals surface area contributed by atoms with Crippen molar-refractivity contribution in [1.82, 2.24) is 0 Å². The second kappa shape index (κ2) is 4.29. The number of methoxy groups -OCH3 is 1. The lowest BCUT2D eigenvalue weighted by Crippen LogP contribution is -2.32. The van der Waals surface area contributed by atoms with E-state index in [0.29, 0.717) is 6.54 Å². The van der Waals surface area contributed by atoms with Crippen LogP contribution < -0.4 is 0 Å². The van der Waals surface area contributed by atoms with Crippen LogP contribution in [0.3, 0.4) is 0 Å². The van der Waals surface area contributed by atoms with Crippen molar-refractivity contribution in [1.29, 1.82) is 0 Å². The Bertz CT molecular complexity index is 113. The summed E-state index contributed by atoms with van der Waals surface area (Å²) in [5.74, 6) is 0. The minimum Gasteiger partial charge on any atom is -0.370 e. The number of hydrogen-bond acceptors (Lipinski definition) is 1. The fourth-order valence-electron chi connectivity index (χ4n) is 0.971. The molecule has 0 aliphatic carbocycles. The summed E-state index contributed by atoms with van der Waals surface area (Å²) >= 11 is 0. The van der Waals surface area contributed by atoms with Crippen LogP contribution in [-0.4, -0.2) is 19.3 Å². The highest BCUT2D eigenvalue weighted by atomic mass is 16.5. The van der Waals surface area contributed by atoms with E-state index in [1.165, 1.54) is 0 Å². The van der Waals surface area contributed by atoms with Gasteiger partial charge in [0, 0.05) is 7.11 Å². The van der Waals surface area contributed by atoms with E-state index in [0.717, 1.165) is 12.8 Å². The van der Waals surface area contributed by atoms with E-state index in [4.69, 9.17) is 11.3 Å². The molecule has 2 nitrogen and oxygen atoms in total. The van der Waals surface area contributed by atoms with E-state index in [-0.39, 0.29) is 5.60 Å². The molecule has 0 saturated carbocycles. The van der Waals surface area contributed by atoms with Crippen molar-refractivity contribution >= 4 is 0 Å². The van der Waals surface area contributed by atoms with E-state index < -0.39 is 0 Å². The van der Waals surface area contributed by atoms with Crippen LogP contribution in [0, 0.1) is 6.57 Å². The lowest BCUT2D eigenvalue weighted by molar-refractivity contribution is -0.00262. The molecule has 0 spiro atoms. The Kier molecular flexibility index (Phi) is 4.06. The van der Waals surface area contributed by atoms with Gasteiger partial charge in [-0.1, -0.05) is 13.8 Å². The molecule has 0 aromatic carbocycles. The molecule has 0 heterocycles. The maximum atomic E-state index is 6.71. The summed E-state index contributed by atoms with van der Waals surface area (Å²) in [6, 6.07) is 0. The van der Waals surface area contributed by atoms with E-state index in [2.05, 4.69) is 18.7 Å². The molecule has 0 amide bonds. The highest BCUT2D eigenvalue weighted by Crippen LogP contribution is 2.19. The fraction of sp³-hybridized carbons (Fsp3) is 0.875. The van der Waals surface area contributed by atoms with Gasteiger partial charge in [-0.25, -0.2) is 6.57 Å². The highest BCUT2D eigenvalue weighted by Gasteiger charge is 2.28. The first-order valence-corrected chi connectivity index (χ1v) is 3.63. The summed E-state index contributed by atoms with van der Waals surface area (Å²) < 4.78 is 5.26. The predicted octanol–water partition coefficient (Wildman–Crippen LogP) is 2.11. The highest BCUT2D eigenvalue weighted by molar-refractivity contribution is 4.85. The van der Waals surface area contributed by atoms with E-state index in [1.54, 1.807) is 7.11 Å². The van der Waals surface area contributed by atoms with Crippen molar-refractivity contribution in [3.05, 3.63) is 11.4 Å². The monoisotopic (exact) mass is 141 g/mol. The molecule has 0 aromatic rings. The Morgan fingerprint density at radius 2 is 1.90 bits per heavy atom. The molecule has 2 heteroatoms. The van der Waals surface area contributed by atoms with Gasteiger partial charge >= 0.3 is 0 Å². The summed E-state index contributed by atoms with van der Waals surface area (Å²) in [6.07, 6.45) is 1.84. The molecule has 0 saturated heterocycles. The normalized spacial score (nSPS) is 11.0. The molecule has 0 radical (unpaired) electrons. The first kappa shape index (κ1) is 9.45. The largest absolute Gasteiger partial charge is 0.370 e. The molecule has 0 rings (SSSR count). The van der Waals surface area contributed by atoms with Crippen LogP contribution in [0.1, 0.15) is 26.7 Å². The molecule has 0 bridgehead atoms. The van der Waals surface area contributed by atoms with Crippen molar-refractivity contribution in [3.63, 3.8) is 0 Å². The van der Waals surface area contributed by atoms with Crippen LogP contribution in [0.25, 0.3) is 4.85 Å². The standard InChI is InChI=1S/C8H15NO/c1-5-8(6-2,10-4)7-9-3/h5-7H2,1-2,4H3. The fourth-order valence-corrected chi connectivity index (χ4v) is 0.971. The molecule has 58 valence electrons. The van der Waals surface area contributed by atoms with Gasteiger partial charge in [-0.05, 0) is 12.8 Å². The lowest BCUT2D eigenvalue weighted by atomic mass is 9.98. The Labute approximate surface area is 63.0 Å². The van der Waals surface area contributed by atoms with E-state index in [9.17, 15) is 0 Å². The Balaban J connectivity index is 4.04. The van der Waals surface area contributed by atoms with Crippen molar-refractivity contribution < 1.29 is 4.74 Å².